The molecule has 0 radical (unpaired) electrons. The molecule has 0 saturated heterocycles. The van der Waals surface area contributed by atoms with Crippen molar-refractivity contribution in [1.29, 1.82) is 0 Å². The maximum Gasteiger partial charge on any atom is 0.340 e. The number of benzene rings is 3. The molecule has 9 nitrogen and oxygen atoms in total. The second-order valence-corrected chi connectivity index (χ2v) is 9.44. The zero-order valence-corrected chi connectivity index (χ0v) is 20.0. The first-order chi connectivity index (χ1) is 16.6. The van der Waals surface area contributed by atoms with E-state index in [0.29, 0.717) is 0 Å². The van der Waals surface area contributed by atoms with E-state index in [1.54, 1.807) is 30.3 Å². The fraction of sp³-hybridized carbons (Fsp3) is 0.160. The number of carbonyl (C=O) groups is 3. The van der Waals surface area contributed by atoms with Gasteiger partial charge in [0, 0.05) is 0 Å². The van der Waals surface area contributed by atoms with E-state index >= 15 is 0 Å². The maximum absolute atomic E-state index is 12.8. The van der Waals surface area contributed by atoms with Crippen LogP contribution >= 0.6 is 0 Å². The van der Waals surface area contributed by atoms with Gasteiger partial charge in [0.1, 0.15) is 0 Å². The Hall–Kier alpha value is -4.18. The summed E-state index contributed by atoms with van der Waals surface area (Å²) in [5.41, 5.74) is 1.43. The first-order valence-corrected chi connectivity index (χ1v) is 12.5. The number of anilines is 2. The molecule has 2 amide bonds. The Morgan fingerprint density at radius 1 is 0.829 bits per heavy atom. The molecule has 182 valence electrons. The quantitative estimate of drug-likeness (QED) is 0.390. The van der Waals surface area contributed by atoms with Gasteiger partial charge in [-0.15, -0.1) is 0 Å². The van der Waals surface area contributed by atoms with Crippen LogP contribution in [0.2, 0.25) is 0 Å². The summed E-state index contributed by atoms with van der Waals surface area (Å²) in [4.78, 5) is 37.7. The summed E-state index contributed by atoms with van der Waals surface area (Å²) < 4.78 is 30.3. The third kappa shape index (κ3) is 7.41. The third-order valence-corrected chi connectivity index (χ3v) is 5.46. The van der Waals surface area contributed by atoms with E-state index < -0.39 is 28.5 Å². The standard InChI is InChI=1S/C25H25N3O6S/c1-17(18-10-4-3-5-11-18)26-24(30)19-12-6-8-14-21(19)27-23(29)16-34-25(31)20-13-7-9-15-22(20)28-35(2,32)33/h3-15,17,28H,16H2,1-2H3,(H,26,30)(H,27,29). The minimum Gasteiger partial charge on any atom is -0.452 e. The zero-order chi connectivity index (χ0) is 25.4. The van der Waals surface area contributed by atoms with Crippen LogP contribution in [0.15, 0.2) is 78.9 Å². The van der Waals surface area contributed by atoms with Gasteiger partial charge < -0.3 is 15.4 Å². The summed E-state index contributed by atoms with van der Waals surface area (Å²) in [6, 6.07) is 21.5. The lowest BCUT2D eigenvalue weighted by Gasteiger charge is -2.16. The van der Waals surface area contributed by atoms with E-state index in [4.69, 9.17) is 4.74 Å². The summed E-state index contributed by atoms with van der Waals surface area (Å²) >= 11 is 0. The summed E-state index contributed by atoms with van der Waals surface area (Å²) in [6.45, 7) is 1.22. The van der Waals surface area contributed by atoms with Crippen molar-refractivity contribution in [1.82, 2.24) is 5.32 Å². The third-order valence-electron chi connectivity index (χ3n) is 4.87. The van der Waals surface area contributed by atoms with E-state index in [-0.39, 0.29) is 34.5 Å². The fourth-order valence-corrected chi connectivity index (χ4v) is 3.81. The predicted molar refractivity (Wildman–Crippen MR) is 133 cm³/mol. The lowest BCUT2D eigenvalue weighted by molar-refractivity contribution is -0.119. The number of rotatable bonds is 9. The summed E-state index contributed by atoms with van der Waals surface area (Å²) in [5.74, 6) is -1.92. The van der Waals surface area contributed by atoms with Gasteiger partial charge in [0.15, 0.2) is 6.61 Å². The van der Waals surface area contributed by atoms with Crippen LogP contribution in [0.4, 0.5) is 11.4 Å². The number of para-hydroxylation sites is 2. The van der Waals surface area contributed by atoms with E-state index in [1.807, 2.05) is 37.3 Å². The van der Waals surface area contributed by atoms with E-state index in [2.05, 4.69) is 15.4 Å². The highest BCUT2D eigenvalue weighted by atomic mass is 32.2. The molecule has 0 spiro atoms. The van der Waals surface area contributed by atoms with Gasteiger partial charge in [-0.25, -0.2) is 13.2 Å². The van der Waals surface area contributed by atoms with Crippen molar-refractivity contribution in [2.75, 3.05) is 22.9 Å². The average Bonchev–Trinajstić information content (AvgIpc) is 2.82. The Labute approximate surface area is 203 Å². The number of sulfonamides is 1. The highest BCUT2D eigenvalue weighted by Gasteiger charge is 2.19. The number of nitrogens with one attached hydrogen (secondary N) is 3. The van der Waals surface area contributed by atoms with Gasteiger partial charge >= 0.3 is 5.97 Å². The average molecular weight is 496 g/mol. The molecule has 0 saturated carbocycles. The summed E-state index contributed by atoms with van der Waals surface area (Å²) in [5, 5.41) is 5.47. The minimum atomic E-state index is -3.62. The van der Waals surface area contributed by atoms with Crippen molar-refractivity contribution < 1.29 is 27.5 Å². The molecule has 3 N–H and O–H groups in total. The molecule has 1 unspecified atom stereocenters. The van der Waals surface area contributed by atoms with Gasteiger partial charge in [-0.05, 0) is 36.8 Å². The summed E-state index contributed by atoms with van der Waals surface area (Å²) in [6.07, 6.45) is 0.955. The van der Waals surface area contributed by atoms with Crippen LogP contribution in [0.1, 0.15) is 39.2 Å². The van der Waals surface area contributed by atoms with Crippen LogP contribution in [0, 0.1) is 0 Å². The van der Waals surface area contributed by atoms with Crippen LogP contribution < -0.4 is 15.4 Å². The Morgan fingerprint density at radius 3 is 2.06 bits per heavy atom. The molecule has 0 aromatic heterocycles. The van der Waals surface area contributed by atoms with E-state index in [1.165, 1.54) is 18.2 Å². The molecule has 10 heteroatoms. The smallest absolute Gasteiger partial charge is 0.340 e. The zero-order valence-electron chi connectivity index (χ0n) is 19.1. The van der Waals surface area contributed by atoms with Crippen molar-refractivity contribution in [2.24, 2.45) is 0 Å². The van der Waals surface area contributed by atoms with Crippen molar-refractivity contribution in [3.8, 4) is 0 Å². The highest BCUT2D eigenvalue weighted by molar-refractivity contribution is 7.92. The van der Waals surface area contributed by atoms with Gasteiger partial charge in [-0.3, -0.25) is 14.3 Å². The fourth-order valence-electron chi connectivity index (χ4n) is 3.23. The predicted octanol–water partition coefficient (Wildman–Crippen LogP) is 3.34. The molecular weight excluding hydrogens is 470 g/mol. The van der Waals surface area contributed by atoms with Gasteiger partial charge in [-0.2, -0.15) is 0 Å². The second-order valence-electron chi connectivity index (χ2n) is 7.70. The van der Waals surface area contributed by atoms with Crippen molar-refractivity contribution in [3.05, 3.63) is 95.6 Å². The topological polar surface area (TPSA) is 131 Å². The number of carbonyl (C=O) groups excluding carboxylic acids is 3. The van der Waals surface area contributed by atoms with Crippen LogP contribution in [0.5, 0.6) is 0 Å². The first kappa shape index (κ1) is 25.4. The lowest BCUT2D eigenvalue weighted by Crippen LogP contribution is -2.28. The van der Waals surface area contributed by atoms with Gasteiger partial charge in [0.25, 0.3) is 11.8 Å². The van der Waals surface area contributed by atoms with Gasteiger partial charge in [-0.1, -0.05) is 54.6 Å². The van der Waals surface area contributed by atoms with Crippen molar-refractivity contribution in [3.63, 3.8) is 0 Å². The van der Waals surface area contributed by atoms with Gasteiger partial charge in [0.05, 0.1) is 34.8 Å². The SMILES string of the molecule is CC(NC(=O)c1ccccc1NC(=O)COC(=O)c1ccccc1NS(C)(=O)=O)c1ccccc1. The van der Waals surface area contributed by atoms with Crippen LogP contribution in [0.3, 0.4) is 0 Å². The molecule has 1 atom stereocenters. The second kappa shape index (κ2) is 11.3. The molecule has 3 rings (SSSR count). The molecule has 35 heavy (non-hydrogen) atoms. The molecule has 0 bridgehead atoms. The van der Waals surface area contributed by atoms with Crippen LogP contribution in [-0.4, -0.2) is 39.1 Å². The largest absolute Gasteiger partial charge is 0.452 e. The number of esters is 1. The molecule has 3 aromatic carbocycles. The van der Waals surface area contributed by atoms with E-state index in [9.17, 15) is 22.8 Å². The molecule has 0 aliphatic rings. The van der Waals surface area contributed by atoms with Crippen molar-refractivity contribution >= 4 is 39.2 Å². The normalized spacial score (nSPS) is 11.7. The molecule has 3 aromatic rings. The van der Waals surface area contributed by atoms with Crippen LogP contribution in [0.25, 0.3) is 0 Å². The Bertz CT molecular complexity index is 1330. The molecule has 0 aliphatic heterocycles. The number of hydrogen-bond donors (Lipinski definition) is 3. The van der Waals surface area contributed by atoms with E-state index in [0.717, 1.165) is 11.8 Å². The lowest BCUT2D eigenvalue weighted by atomic mass is 10.1. The number of hydrogen-bond acceptors (Lipinski definition) is 6. The molecule has 0 fully saturated rings. The van der Waals surface area contributed by atoms with Gasteiger partial charge in [0.2, 0.25) is 10.0 Å². The Morgan fingerprint density at radius 2 is 1.40 bits per heavy atom. The Balaban J connectivity index is 1.63. The monoisotopic (exact) mass is 495 g/mol. The van der Waals surface area contributed by atoms with Crippen molar-refractivity contribution in [2.45, 2.75) is 13.0 Å². The summed E-state index contributed by atoms with van der Waals surface area (Å²) in [7, 11) is -3.62. The Kier molecular flexibility index (Phi) is 8.21. The number of ether oxygens (including phenoxy) is 1. The minimum absolute atomic E-state index is 0.0370. The highest BCUT2D eigenvalue weighted by Crippen LogP contribution is 2.19. The molecular formula is C25H25N3O6S. The number of amides is 2. The van der Waals surface area contributed by atoms with Crippen LogP contribution in [-0.2, 0) is 19.6 Å². The maximum atomic E-state index is 12.8. The first-order valence-electron chi connectivity index (χ1n) is 10.6. The molecule has 0 aliphatic carbocycles. The molecule has 0 heterocycles.